The molecule has 2 N–H and O–H groups in total. The smallest absolute Gasteiger partial charge is 0.160 e. The number of nitrogens with one attached hydrogen (secondary N) is 1. The summed E-state index contributed by atoms with van der Waals surface area (Å²) in [6.45, 7) is 7.85. The molecule has 0 saturated carbocycles. The lowest BCUT2D eigenvalue weighted by Gasteiger charge is -2.16. The van der Waals surface area contributed by atoms with Crippen molar-refractivity contribution in [1.29, 1.82) is 0 Å². The fourth-order valence-electron chi connectivity index (χ4n) is 1.79. The zero-order valence-corrected chi connectivity index (χ0v) is 12.3. The lowest BCUT2D eigenvalue weighted by Crippen LogP contribution is -2.21. The van der Waals surface area contributed by atoms with Crippen LogP contribution >= 0.6 is 0 Å². The Hall–Kier alpha value is -1.26. The van der Waals surface area contributed by atoms with Crippen LogP contribution in [-0.4, -0.2) is 31.5 Å². The minimum atomic E-state index is 0.170. The van der Waals surface area contributed by atoms with E-state index in [1.54, 1.807) is 13.2 Å². The second kappa shape index (κ2) is 8.02. The van der Waals surface area contributed by atoms with Crippen LogP contribution in [0.15, 0.2) is 18.2 Å². The van der Waals surface area contributed by atoms with Gasteiger partial charge in [0.1, 0.15) is 0 Å². The predicted molar refractivity (Wildman–Crippen MR) is 76.8 cm³/mol. The van der Waals surface area contributed by atoms with Crippen molar-refractivity contribution in [3.8, 4) is 11.5 Å². The van der Waals surface area contributed by atoms with Crippen LogP contribution in [0, 0.1) is 0 Å². The average Bonchev–Trinajstić information content (AvgIpc) is 2.38. The third kappa shape index (κ3) is 5.49. The summed E-state index contributed by atoms with van der Waals surface area (Å²) in [5.41, 5.74) is 1.10. The first-order chi connectivity index (χ1) is 9.04. The Morgan fingerprint density at radius 1 is 1.26 bits per heavy atom. The molecule has 0 aliphatic carbocycles. The number of phenols is 1. The molecule has 0 aromatic heterocycles. The first-order valence-corrected chi connectivity index (χ1v) is 6.76. The standard InChI is InChI=1S/C15H25NO3/c1-11(2)19-9-5-8-16-12(3)13-6-7-14(17)15(10-13)18-4/h6-7,10-12,16-17H,5,8-9H2,1-4H3. The normalized spacial score (nSPS) is 12.7. The number of aromatic hydroxyl groups is 1. The lowest BCUT2D eigenvalue weighted by atomic mass is 10.1. The maximum absolute atomic E-state index is 9.55. The summed E-state index contributed by atoms with van der Waals surface area (Å²) in [5.74, 6) is 0.679. The number of methoxy groups -OCH3 is 1. The van der Waals surface area contributed by atoms with Crippen LogP contribution in [-0.2, 0) is 4.74 Å². The highest BCUT2D eigenvalue weighted by atomic mass is 16.5. The molecule has 0 aliphatic rings. The molecule has 0 radical (unpaired) electrons. The van der Waals surface area contributed by atoms with Gasteiger partial charge < -0.3 is 19.9 Å². The van der Waals surface area contributed by atoms with Crippen molar-refractivity contribution >= 4 is 0 Å². The summed E-state index contributed by atoms with van der Waals surface area (Å²) in [4.78, 5) is 0. The largest absolute Gasteiger partial charge is 0.504 e. The monoisotopic (exact) mass is 267 g/mol. The van der Waals surface area contributed by atoms with Gasteiger partial charge in [-0.1, -0.05) is 6.07 Å². The molecule has 1 atom stereocenters. The Kier molecular flexibility index (Phi) is 6.67. The SMILES string of the molecule is COc1cc(C(C)NCCCOC(C)C)ccc1O. The van der Waals surface area contributed by atoms with Gasteiger partial charge in [-0.3, -0.25) is 0 Å². The quantitative estimate of drug-likeness (QED) is 0.711. The van der Waals surface area contributed by atoms with Crippen molar-refractivity contribution < 1.29 is 14.6 Å². The molecule has 1 unspecified atom stereocenters. The van der Waals surface area contributed by atoms with E-state index >= 15 is 0 Å². The molecule has 1 aromatic rings. The van der Waals surface area contributed by atoms with Gasteiger partial charge in [-0.2, -0.15) is 0 Å². The van der Waals surface area contributed by atoms with Gasteiger partial charge in [0.05, 0.1) is 13.2 Å². The van der Waals surface area contributed by atoms with E-state index in [1.807, 2.05) is 26.0 Å². The molecule has 4 nitrogen and oxygen atoms in total. The van der Waals surface area contributed by atoms with Crippen molar-refractivity contribution in [2.45, 2.75) is 39.3 Å². The van der Waals surface area contributed by atoms with Gasteiger partial charge in [-0.15, -0.1) is 0 Å². The summed E-state index contributed by atoms with van der Waals surface area (Å²) in [6.07, 6.45) is 1.27. The van der Waals surface area contributed by atoms with E-state index in [0.29, 0.717) is 11.9 Å². The lowest BCUT2D eigenvalue weighted by molar-refractivity contribution is 0.0768. The Morgan fingerprint density at radius 2 is 2.00 bits per heavy atom. The second-order valence-electron chi connectivity index (χ2n) is 4.88. The van der Waals surface area contributed by atoms with Gasteiger partial charge in [0, 0.05) is 12.6 Å². The van der Waals surface area contributed by atoms with Gasteiger partial charge in [0.15, 0.2) is 11.5 Å². The first kappa shape index (κ1) is 15.8. The fraction of sp³-hybridized carbons (Fsp3) is 0.600. The number of ether oxygens (including phenoxy) is 2. The Balaban J connectivity index is 2.38. The molecule has 1 aromatic carbocycles. The number of hydrogen-bond donors (Lipinski definition) is 2. The Labute approximate surface area is 115 Å². The van der Waals surface area contributed by atoms with E-state index in [2.05, 4.69) is 12.2 Å². The van der Waals surface area contributed by atoms with E-state index in [0.717, 1.165) is 25.1 Å². The number of benzene rings is 1. The Bertz CT molecular complexity index is 380. The van der Waals surface area contributed by atoms with E-state index < -0.39 is 0 Å². The molecule has 0 fully saturated rings. The first-order valence-electron chi connectivity index (χ1n) is 6.76. The fourth-order valence-corrected chi connectivity index (χ4v) is 1.79. The van der Waals surface area contributed by atoms with E-state index in [9.17, 15) is 5.11 Å². The highest BCUT2D eigenvalue weighted by molar-refractivity contribution is 5.42. The summed E-state index contributed by atoms with van der Waals surface area (Å²) < 4.78 is 10.6. The molecule has 108 valence electrons. The number of rotatable bonds is 8. The zero-order chi connectivity index (χ0) is 14.3. The summed E-state index contributed by atoms with van der Waals surface area (Å²) in [6, 6.07) is 5.64. The van der Waals surface area contributed by atoms with Crippen LogP contribution in [0.3, 0.4) is 0 Å². The average molecular weight is 267 g/mol. The highest BCUT2D eigenvalue weighted by Crippen LogP contribution is 2.28. The van der Waals surface area contributed by atoms with Gasteiger partial charge in [-0.05, 0) is 51.4 Å². The molecular weight excluding hydrogens is 242 g/mol. The van der Waals surface area contributed by atoms with Gasteiger partial charge in [-0.25, -0.2) is 0 Å². The topological polar surface area (TPSA) is 50.7 Å². The van der Waals surface area contributed by atoms with Crippen molar-refractivity contribution in [3.05, 3.63) is 23.8 Å². The van der Waals surface area contributed by atoms with Gasteiger partial charge in [0.2, 0.25) is 0 Å². The molecule has 0 spiro atoms. The van der Waals surface area contributed by atoms with E-state index in [1.165, 1.54) is 0 Å². The zero-order valence-electron chi connectivity index (χ0n) is 12.3. The molecule has 0 saturated heterocycles. The minimum Gasteiger partial charge on any atom is -0.504 e. The van der Waals surface area contributed by atoms with Crippen LogP contribution in [0.5, 0.6) is 11.5 Å². The second-order valence-corrected chi connectivity index (χ2v) is 4.88. The number of phenolic OH excluding ortho intramolecular Hbond substituents is 1. The van der Waals surface area contributed by atoms with Crippen molar-refractivity contribution in [3.63, 3.8) is 0 Å². The van der Waals surface area contributed by atoms with Gasteiger partial charge in [0.25, 0.3) is 0 Å². The molecule has 19 heavy (non-hydrogen) atoms. The van der Waals surface area contributed by atoms with E-state index in [-0.39, 0.29) is 11.8 Å². The molecular formula is C15H25NO3. The molecule has 0 heterocycles. The van der Waals surface area contributed by atoms with Crippen LogP contribution in [0.4, 0.5) is 0 Å². The van der Waals surface area contributed by atoms with Crippen LogP contribution < -0.4 is 10.1 Å². The van der Waals surface area contributed by atoms with E-state index in [4.69, 9.17) is 9.47 Å². The molecule has 1 rings (SSSR count). The van der Waals surface area contributed by atoms with Crippen LogP contribution in [0.1, 0.15) is 38.8 Å². The van der Waals surface area contributed by atoms with Crippen molar-refractivity contribution in [2.75, 3.05) is 20.3 Å². The third-order valence-electron chi connectivity index (χ3n) is 2.93. The molecule has 4 heteroatoms. The maximum atomic E-state index is 9.55. The predicted octanol–water partition coefficient (Wildman–Crippen LogP) is 2.87. The summed E-state index contributed by atoms with van der Waals surface area (Å²) in [5, 5.41) is 13.0. The van der Waals surface area contributed by atoms with Crippen LogP contribution in [0.25, 0.3) is 0 Å². The molecule has 0 bridgehead atoms. The molecule has 0 aliphatic heterocycles. The van der Waals surface area contributed by atoms with Crippen LogP contribution in [0.2, 0.25) is 0 Å². The summed E-state index contributed by atoms with van der Waals surface area (Å²) >= 11 is 0. The van der Waals surface area contributed by atoms with Gasteiger partial charge >= 0.3 is 0 Å². The maximum Gasteiger partial charge on any atom is 0.160 e. The Morgan fingerprint density at radius 3 is 2.63 bits per heavy atom. The number of hydrogen-bond acceptors (Lipinski definition) is 4. The van der Waals surface area contributed by atoms with Crippen molar-refractivity contribution in [2.24, 2.45) is 0 Å². The summed E-state index contributed by atoms with van der Waals surface area (Å²) in [7, 11) is 1.56. The molecule has 0 amide bonds. The highest BCUT2D eigenvalue weighted by Gasteiger charge is 2.08. The third-order valence-corrected chi connectivity index (χ3v) is 2.93. The van der Waals surface area contributed by atoms with Crippen molar-refractivity contribution in [1.82, 2.24) is 5.32 Å². The minimum absolute atomic E-state index is 0.170.